The minimum atomic E-state index is 0.0870. The topological polar surface area (TPSA) is 41.4 Å². The third kappa shape index (κ3) is 3.06. The number of halogens is 1. The zero-order valence-electron chi connectivity index (χ0n) is 11.7. The van der Waals surface area contributed by atoms with Crippen LogP contribution in [-0.2, 0) is 0 Å². The molecule has 1 aliphatic carbocycles. The van der Waals surface area contributed by atoms with Crippen LogP contribution >= 0.6 is 15.9 Å². The summed E-state index contributed by atoms with van der Waals surface area (Å²) in [5.41, 5.74) is 0.0870. The van der Waals surface area contributed by atoms with Gasteiger partial charge >= 0.3 is 0 Å². The van der Waals surface area contributed by atoms with E-state index in [9.17, 15) is 4.79 Å². The van der Waals surface area contributed by atoms with Crippen molar-refractivity contribution >= 4 is 21.7 Å². The highest BCUT2D eigenvalue weighted by molar-refractivity contribution is 9.09. The van der Waals surface area contributed by atoms with Crippen LogP contribution in [0.15, 0.2) is 17.2 Å². The molecule has 0 aromatic carbocycles. The van der Waals surface area contributed by atoms with Crippen molar-refractivity contribution in [2.75, 3.05) is 43.0 Å². The standard InChI is InChI=1S/C14H21BrN4O/c15-4-8-17-6-1-7-18(11-10-17)13-14(20)19(9-5-16-13)12-2-3-12/h5,9,12H,1-4,6-8,10-11H2. The third-order valence-corrected chi connectivity index (χ3v) is 4.43. The smallest absolute Gasteiger partial charge is 0.293 e. The van der Waals surface area contributed by atoms with Gasteiger partial charge in [0.1, 0.15) is 0 Å². The van der Waals surface area contributed by atoms with Crippen molar-refractivity contribution < 1.29 is 0 Å². The summed E-state index contributed by atoms with van der Waals surface area (Å²) in [7, 11) is 0. The molecule has 5 nitrogen and oxygen atoms in total. The first-order valence-electron chi connectivity index (χ1n) is 7.40. The van der Waals surface area contributed by atoms with Gasteiger partial charge in [0.05, 0.1) is 0 Å². The second kappa shape index (κ2) is 6.26. The van der Waals surface area contributed by atoms with Gasteiger partial charge < -0.3 is 14.4 Å². The monoisotopic (exact) mass is 340 g/mol. The predicted octanol–water partition coefficient (Wildman–Crippen LogP) is 1.49. The van der Waals surface area contributed by atoms with Crippen molar-refractivity contribution in [3.8, 4) is 0 Å². The molecule has 1 aliphatic heterocycles. The Kier molecular flexibility index (Phi) is 4.41. The van der Waals surface area contributed by atoms with Gasteiger partial charge in [0.15, 0.2) is 5.82 Å². The van der Waals surface area contributed by atoms with Gasteiger partial charge in [0.2, 0.25) is 0 Å². The number of aromatic nitrogens is 2. The molecule has 3 rings (SSSR count). The van der Waals surface area contributed by atoms with E-state index in [2.05, 4.69) is 30.7 Å². The Morgan fingerprint density at radius 1 is 1.25 bits per heavy atom. The first-order chi connectivity index (χ1) is 9.79. The summed E-state index contributed by atoms with van der Waals surface area (Å²) in [5, 5.41) is 1.01. The molecule has 1 saturated carbocycles. The molecule has 2 heterocycles. The normalized spacial score (nSPS) is 20.9. The van der Waals surface area contributed by atoms with Gasteiger partial charge in [-0.2, -0.15) is 0 Å². The third-order valence-electron chi connectivity index (χ3n) is 4.08. The molecule has 2 aliphatic rings. The lowest BCUT2D eigenvalue weighted by atomic mass is 10.4. The molecule has 0 unspecified atom stereocenters. The summed E-state index contributed by atoms with van der Waals surface area (Å²) in [6.07, 6.45) is 6.95. The molecule has 0 atom stereocenters. The zero-order chi connectivity index (χ0) is 13.9. The zero-order valence-corrected chi connectivity index (χ0v) is 13.3. The van der Waals surface area contributed by atoms with Crippen LogP contribution in [-0.4, -0.2) is 52.5 Å². The average Bonchev–Trinajstić information content (AvgIpc) is 3.27. The fraction of sp³-hybridized carbons (Fsp3) is 0.714. The maximum atomic E-state index is 12.5. The minimum absolute atomic E-state index is 0.0870. The molecule has 2 fully saturated rings. The fourth-order valence-corrected chi connectivity index (χ4v) is 3.30. The Bertz CT molecular complexity index is 514. The number of hydrogen-bond acceptors (Lipinski definition) is 4. The Labute approximate surface area is 127 Å². The van der Waals surface area contributed by atoms with Gasteiger partial charge in [0.25, 0.3) is 5.56 Å². The predicted molar refractivity (Wildman–Crippen MR) is 83.8 cm³/mol. The first-order valence-corrected chi connectivity index (χ1v) is 8.52. The van der Waals surface area contributed by atoms with Crippen LogP contribution in [0.4, 0.5) is 5.82 Å². The molecule has 1 saturated heterocycles. The van der Waals surface area contributed by atoms with Gasteiger partial charge in [-0.05, 0) is 25.8 Å². The van der Waals surface area contributed by atoms with Crippen molar-refractivity contribution in [1.29, 1.82) is 0 Å². The van der Waals surface area contributed by atoms with Crippen molar-refractivity contribution in [2.45, 2.75) is 25.3 Å². The van der Waals surface area contributed by atoms with E-state index >= 15 is 0 Å². The number of alkyl halides is 1. The van der Waals surface area contributed by atoms with Crippen molar-refractivity contribution in [1.82, 2.24) is 14.5 Å². The Morgan fingerprint density at radius 3 is 2.85 bits per heavy atom. The van der Waals surface area contributed by atoms with Crippen LogP contribution in [0.3, 0.4) is 0 Å². The Hall–Kier alpha value is -0.880. The van der Waals surface area contributed by atoms with Crippen molar-refractivity contribution in [2.24, 2.45) is 0 Å². The molecule has 110 valence electrons. The van der Waals surface area contributed by atoms with E-state index in [0.717, 1.165) is 57.3 Å². The quantitative estimate of drug-likeness (QED) is 0.778. The van der Waals surface area contributed by atoms with E-state index in [0.29, 0.717) is 11.9 Å². The highest BCUT2D eigenvalue weighted by atomic mass is 79.9. The summed E-state index contributed by atoms with van der Waals surface area (Å²) in [4.78, 5) is 21.5. The van der Waals surface area contributed by atoms with Crippen LogP contribution in [0.25, 0.3) is 0 Å². The van der Waals surface area contributed by atoms with E-state index in [1.54, 1.807) is 6.20 Å². The average molecular weight is 341 g/mol. The van der Waals surface area contributed by atoms with E-state index in [1.807, 2.05) is 10.8 Å². The van der Waals surface area contributed by atoms with Gasteiger partial charge in [0, 0.05) is 49.9 Å². The molecule has 0 amide bonds. The Balaban J connectivity index is 1.75. The van der Waals surface area contributed by atoms with Crippen LogP contribution in [0.2, 0.25) is 0 Å². The summed E-state index contributed by atoms with van der Waals surface area (Å²) in [6, 6.07) is 0.418. The van der Waals surface area contributed by atoms with Gasteiger partial charge in [-0.3, -0.25) is 4.79 Å². The van der Waals surface area contributed by atoms with Crippen molar-refractivity contribution in [3.63, 3.8) is 0 Å². The summed E-state index contributed by atoms with van der Waals surface area (Å²) < 4.78 is 1.86. The lowest BCUT2D eigenvalue weighted by Gasteiger charge is -2.22. The van der Waals surface area contributed by atoms with Crippen molar-refractivity contribution in [3.05, 3.63) is 22.7 Å². The van der Waals surface area contributed by atoms with Crippen LogP contribution in [0, 0.1) is 0 Å². The summed E-state index contributed by atoms with van der Waals surface area (Å²) in [5.74, 6) is 0.639. The molecule has 6 heteroatoms. The van der Waals surface area contributed by atoms with E-state index in [-0.39, 0.29) is 5.56 Å². The second-order valence-electron chi connectivity index (χ2n) is 5.57. The maximum Gasteiger partial charge on any atom is 0.293 e. The van der Waals surface area contributed by atoms with E-state index in [1.165, 1.54) is 0 Å². The largest absolute Gasteiger partial charge is 0.351 e. The molecule has 0 bridgehead atoms. The van der Waals surface area contributed by atoms with Crippen LogP contribution in [0.1, 0.15) is 25.3 Å². The summed E-state index contributed by atoms with van der Waals surface area (Å²) >= 11 is 3.49. The van der Waals surface area contributed by atoms with Gasteiger partial charge in [-0.1, -0.05) is 15.9 Å². The fourth-order valence-electron chi connectivity index (χ4n) is 2.80. The molecule has 0 radical (unpaired) electrons. The van der Waals surface area contributed by atoms with Crippen LogP contribution < -0.4 is 10.5 Å². The highest BCUT2D eigenvalue weighted by Gasteiger charge is 2.26. The molecule has 0 spiro atoms. The molecule has 20 heavy (non-hydrogen) atoms. The van der Waals surface area contributed by atoms with Gasteiger partial charge in [-0.25, -0.2) is 4.98 Å². The Morgan fingerprint density at radius 2 is 2.10 bits per heavy atom. The van der Waals surface area contributed by atoms with Crippen LogP contribution in [0.5, 0.6) is 0 Å². The highest BCUT2D eigenvalue weighted by Crippen LogP contribution is 2.33. The number of hydrogen-bond donors (Lipinski definition) is 0. The van der Waals surface area contributed by atoms with Gasteiger partial charge in [-0.15, -0.1) is 0 Å². The molecular weight excluding hydrogens is 320 g/mol. The SMILES string of the molecule is O=c1c(N2CCCN(CCBr)CC2)nccn1C1CC1. The lowest BCUT2D eigenvalue weighted by Crippen LogP contribution is -2.36. The number of rotatable bonds is 4. The number of anilines is 1. The maximum absolute atomic E-state index is 12.5. The minimum Gasteiger partial charge on any atom is -0.351 e. The molecule has 0 N–H and O–H groups in total. The summed E-state index contributed by atoms with van der Waals surface area (Å²) in [6.45, 7) is 5.00. The lowest BCUT2D eigenvalue weighted by molar-refractivity contribution is 0.313. The first kappa shape index (κ1) is 14.1. The van der Waals surface area contributed by atoms with E-state index < -0.39 is 0 Å². The molecule has 1 aromatic heterocycles. The molecule has 1 aromatic rings. The van der Waals surface area contributed by atoms with E-state index in [4.69, 9.17) is 0 Å². The number of nitrogens with zero attached hydrogens (tertiary/aromatic N) is 4. The molecular formula is C14H21BrN4O. The second-order valence-corrected chi connectivity index (χ2v) is 6.36.